The molecule has 0 saturated heterocycles. The zero-order valence-electron chi connectivity index (χ0n) is 19.8. The number of halogens is 1. The molecule has 0 bridgehead atoms. The lowest BCUT2D eigenvalue weighted by Gasteiger charge is -2.27. The summed E-state index contributed by atoms with van der Waals surface area (Å²) in [4.78, 5) is 0.164. The summed E-state index contributed by atoms with van der Waals surface area (Å²) >= 11 is 3.58. The smallest absolute Gasteiger partial charge is 0.240 e. The maximum atomic E-state index is 12.3. The molecular weight excluding hydrogens is 472 g/mol. The van der Waals surface area contributed by atoms with Gasteiger partial charge in [-0.2, -0.15) is 0 Å². The van der Waals surface area contributed by atoms with Crippen molar-refractivity contribution in [3.8, 4) is 11.3 Å². The second-order valence-corrected chi connectivity index (χ2v) is 13.4. The quantitative estimate of drug-likeness (QED) is 0.496. The van der Waals surface area contributed by atoms with E-state index in [1.165, 1.54) is 43.2 Å². The summed E-state index contributed by atoms with van der Waals surface area (Å²) in [5.41, 5.74) is 4.41. The number of benzene rings is 1. The fourth-order valence-electron chi connectivity index (χ4n) is 4.39. The van der Waals surface area contributed by atoms with Crippen LogP contribution in [-0.2, 0) is 27.4 Å². The number of nitrogens with two attached hydrogens (primary N) is 1. The van der Waals surface area contributed by atoms with Crippen molar-refractivity contribution in [1.29, 1.82) is 0 Å². The largest absolute Gasteiger partial charge is 0.334 e. The van der Waals surface area contributed by atoms with Crippen molar-refractivity contribution in [1.82, 2.24) is 4.57 Å². The predicted molar refractivity (Wildman–Crippen MR) is 133 cm³/mol. The van der Waals surface area contributed by atoms with Crippen molar-refractivity contribution in [3.63, 3.8) is 0 Å². The molecule has 1 saturated carbocycles. The Hall–Kier alpha value is -1.11. The van der Waals surface area contributed by atoms with Crippen LogP contribution in [0.5, 0.6) is 0 Å². The highest BCUT2D eigenvalue weighted by Gasteiger charge is 2.27. The van der Waals surface area contributed by atoms with Gasteiger partial charge in [0, 0.05) is 6.54 Å². The summed E-state index contributed by atoms with van der Waals surface area (Å²) in [6.45, 7) is 14.1. The zero-order chi connectivity index (χ0) is 23.2. The molecule has 1 aromatic heterocycles. The molecule has 3 rings (SSSR count). The van der Waals surface area contributed by atoms with Crippen LogP contribution in [0.4, 0.5) is 0 Å². The van der Waals surface area contributed by atoms with Gasteiger partial charge < -0.3 is 4.57 Å². The lowest BCUT2D eigenvalue weighted by atomic mass is 9.79. The standard InChI is InChI=1S/C25H37BrN2O2S/c1-24(2,3)19-12-18(13-20(14-19)25(4,5)6)21-15-22(31(27,29)30)23(26)28(21)16-17-10-8-7-9-11-17/h12-15,17H,7-11,16H2,1-6H3,(H2,27,29,30). The molecular formula is C25H37BrN2O2S. The maximum Gasteiger partial charge on any atom is 0.240 e. The molecule has 31 heavy (non-hydrogen) atoms. The lowest BCUT2D eigenvalue weighted by molar-refractivity contribution is 0.318. The van der Waals surface area contributed by atoms with Gasteiger partial charge in [-0.25, -0.2) is 13.6 Å². The Morgan fingerprint density at radius 3 is 1.90 bits per heavy atom. The number of hydrogen-bond acceptors (Lipinski definition) is 2. The van der Waals surface area contributed by atoms with Gasteiger partial charge in [0.1, 0.15) is 9.50 Å². The highest BCUT2D eigenvalue weighted by atomic mass is 79.9. The highest BCUT2D eigenvalue weighted by Crippen LogP contribution is 2.39. The zero-order valence-corrected chi connectivity index (χ0v) is 22.2. The number of nitrogens with zero attached hydrogens (tertiary/aromatic N) is 1. The van der Waals surface area contributed by atoms with E-state index in [4.69, 9.17) is 5.14 Å². The number of sulfonamides is 1. The molecule has 6 heteroatoms. The van der Waals surface area contributed by atoms with Gasteiger partial charge in [0.05, 0.1) is 5.69 Å². The van der Waals surface area contributed by atoms with Crippen LogP contribution >= 0.6 is 15.9 Å². The lowest BCUT2D eigenvalue weighted by Crippen LogP contribution is -2.18. The van der Waals surface area contributed by atoms with Crippen LogP contribution in [0.3, 0.4) is 0 Å². The minimum Gasteiger partial charge on any atom is -0.334 e. The van der Waals surface area contributed by atoms with Crippen LogP contribution in [0, 0.1) is 5.92 Å². The minimum absolute atomic E-state index is 0.0171. The molecule has 1 aromatic carbocycles. The Morgan fingerprint density at radius 1 is 0.935 bits per heavy atom. The second-order valence-electron chi connectivity index (χ2n) is 11.1. The van der Waals surface area contributed by atoms with E-state index >= 15 is 0 Å². The number of hydrogen-bond donors (Lipinski definition) is 1. The van der Waals surface area contributed by atoms with Crippen molar-refractivity contribution < 1.29 is 8.42 Å². The third-order valence-corrected chi connectivity index (χ3v) is 8.47. The molecule has 2 N–H and O–H groups in total. The van der Waals surface area contributed by atoms with E-state index < -0.39 is 10.0 Å². The van der Waals surface area contributed by atoms with E-state index in [1.54, 1.807) is 6.07 Å². The first-order valence-electron chi connectivity index (χ1n) is 11.3. The summed E-state index contributed by atoms with van der Waals surface area (Å²) in [5.74, 6) is 0.553. The Balaban J connectivity index is 2.23. The summed E-state index contributed by atoms with van der Waals surface area (Å²) in [7, 11) is -3.83. The molecule has 1 aliphatic carbocycles. The third kappa shape index (κ3) is 5.63. The molecule has 0 amide bonds. The average molecular weight is 510 g/mol. The van der Waals surface area contributed by atoms with Crippen LogP contribution in [-0.4, -0.2) is 13.0 Å². The maximum absolute atomic E-state index is 12.3. The normalized spacial score (nSPS) is 16.6. The van der Waals surface area contributed by atoms with Crippen LogP contribution in [0.1, 0.15) is 84.8 Å². The van der Waals surface area contributed by atoms with E-state index in [0.29, 0.717) is 10.5 Å². The van der Waals surface area contributed by atoms with Crippen LogP contribution in [0.25, 0.3) is 11.3 Å². The molecule has 0 radical (unpaired) electrons. The Morgan fingerprint density at radius 2 is 1.45 bits per heavy atom. The SMILES string of the molecule is CC(C)(C)c1cc(-c2cc(S(N)(=O)=O)c(Br)n2CC2CCCCC2)cc(C(C)(C)C)c1. The van der Waals surface area contributed by atoms with Gasteiger partial charge in [-0.15, -0.1) is 0 Å². The minimum atomic E-state index is -3.83. The summed E-state index contributed by atoms with van der Waals surface area (Å²) in [5, 5.41) is 5.58. The van der Waals surface area contributed by atoms with Crippen molar-refractivity contribution in [2.75, 3.05) is 0 Å². The fourth-order valence-corrected chi connectivity index (χ4v) is 6.14. The van der Waals surface area contributed by atoms with E-state index in [1.807, 2.05) is 0 Å². The first kappa shape index (κ1) is 24.5. The molecule has 2 aromatic rings. The Kier molecular flexibility index (Phi) is 6.87. The topological polar surface area (TPSA) is 65.1 Å². The molecule has 0 unspecified atom stereocenters. The van der Waals surface area contributed by atoms with Gasteiger partial charge >= 0.3 is 0 Å². The molecule has 0 aliphatic heterocycles. The molecule has 1 heterocycles. The van der Waals surface area contributed by atoms with Gasteiger partial charge in [-0.3, -0.25) is 0 Å². The molecule has 0 atom stereocenters. The summed E-state index contributed by atoms with van der Waals surface area (Å²) in [6, 6.07) is 8.45. The van der Waals surface area contributed by atoms with Crippen molar-refractivity contribution in [2.24, 2.45) is 11.1 Å². The molecule has 172 valence electrons. The summed E-state index contributed by atoms with van der Waals surface area (Å²) < 4.78 is 27.4. The molecule has 4 nitrogen and oxygen atoms in total. The van der Waals surface area contributed by atoms with Crippen LogP contribution in [0.15, 0.2) is 33.8 Å². The van der Waals surface area contributed by atoms with Gasteiger partial charge in [0.25, 0.3) is 0 Å². The first-order valence-corrected chi connectivity index (χ1v) is 13.6. The van der Waals surface area contributed by atoms with Crippen LogP contribution < -0.4 is 5.14 Å². The van der Waals surface area contributed by atoms with E-state index in [-0.39, 0.29) is 15.7 Å². The predicted octanol–water partition coefficient (Wildman–Crippen LogP) is 6.74. The van der Waals surface area contributed by atoms with Gasteiger partial charge in [-0.1, -0.05) is 66.9 Å². The molecule has 1 fully saturated rings. The van der Waals surface area contributed by atoms with Crippen LogP contribution in [0.2, 0.25) is 0 Å². The van der Waals surface area contributed by atoms with Crippen molar-refractivity contribution in [3.05, 3.63) is 40.0 Å². The van der Waals surface area contributed by atoms with Gasteiger partial charge in [-0.05, 0) is 80.4 Å². The van der Waals surface area contributed by atoms with E-state index in [0.717, 1.165) is 17.8 Å². The molecule has 0 spiro atoms. The van der Waals surface area contributed by atoms with Crippen molar-refractivity contribution in [2.45, 2.75) is 95.9 Å². The van der Waals surface area contributed by atoms with Gasteiger partial charge in [0.15, 0.2) is 0 Å². The highest BCUT2D eigenvalue weighted by molar-refractivity contribution is 9.10. The average Bonchev–Trinajstić information content (AvgIpc) is 2.97. The van der Waals surface area contributed by atoms with E-state index in [2.05, 4.69) is 80.2 Å². The third-order valence-electron chi connectivity index (χ3n) is 6.43. The molecule has 1 aliphatic rings. The summed E-state index contributed by atoms with van der Waals surface area (Å²) in [6.07, 6.45) is 6.15. The van der Waals surface area contributed by atoms with Gasteiger partial charge in [0.2, 0.25) is 10.0 Å². The Labute approximate surface area is 196 Å². The second kappa shape index (κ2) is 8.68. The van der Waals surface area contributed by atoms with Crippen molar-refractivity contribution >= 4 is 26.0 Å². The number of primary sulfonamides is 1. The van der Waals surface area contributed by atoms with E-state index in [9.17, 15) is 8.42 Å². The fraction of sp³-hybridized carbons (Fsp3) is 0.600. The number of rotatable bonds is 4. The number of aromatic nitrogens is 1. The Bertz CT molecular complexity index is 1020. The monoisotopic (exact) mass is 508 g/mol. The first-order chi connectivity index (χ1) is 14.2.